The van der Waals surface area contributed by atoms with Gasteiger partial charge in [-0.3, -0.25) is 9.59 Å². The van der Waals surface area contributed by atoms with Gasteiger partial charge in [0.2, 0.25) is 0 Å². The number of hydrogen-bond acceptors (Lipinski definition) is 5. The van der Waals surface area contributed by atoms with Gasteiger partial charge in [-0.05, 0) is 30.5 Å². The normalized spacial score (nSPS) is 13.8. The number of ether oxygens (including phenoxy) is 2. The molecule has 28 heavy (non-hydrogen) atoms. The van der Waals surface area contributed by atoms with Gasteiger partial charge < -0.3 is 9.47 Å². The number of benzene rings is 2. The Labute approximate surface area is 164 Å². The standard InChI is InChI=1S/C22H24N2O4/c1-16(18-9-5-4-6-10-18)22(26)24(23-13-7-8-14-23)19-11-12-20(28-17(2)25)21(15-19)27-3/h4-6,9-12,15H,1,7-8,13-14H2,2-3H3. The van der Waals surface area contributed by atoms with Gasteiger partial charge >= 0.3 is 5.97 Å². The average Bonchev–Trinajstić information content (AvgIpc) is 3.23. The van der Waals surface area contributed by atoms with E-state index in [9.17, 15) is 9.59 Å². The second-order valence-electron chi connectivity index (χ2n) is 6.55. The lowest BCUT2D eigenvalue weighted by Crippen LogP contribution is -2.45. The topological polar surface area (TPSA) is 59.1 Å². The maximum atomic E-state index is 13.4. The first-order valence-electron chi connectivity index (χ1n) is 9.21. The summed E-state index contributed by atoms with van der Waals surface area (Å²) in [7, 11) is 1.50. The fourth-order valence-corrected chi connectivity index (χ4v) is 3.23. The average molecular weight is 380 g/mol. The number of hydrogen-bond donors (Lipinski definition) is 0. The molecule has 1 heterocycles. The minimum Gasteiger partial charge on any atom is -0.493 e. The highest BCUT2D eigenvalue weighted by molar-refractivity contribution is 6.25. The third-order valence-corrected chi connectivity index (χ3v) is 4.58. The molecule has 1 saturated heterocycles. The van der Waals surface area contributed by atoms with Gasteiger partial charge in [-0.2, -0.15) is 0 Å². The molecular formula is C22H24N2O4. The summed E-state index contributed by atoms with van der Waals surface area (Å²) in [6.45, 7) is 6.91. The van der Waals surface area contributed by atoms with Crippen LogP contribution in [-0.4, -0.2) is 37.1 Å². The van der Waals surface area contributed by atoms with E-state index in [4.69, 9.17) is 9.47 Å². The summed E-state index contributed by atoms with van der Waals surface area (Å²) in [6, 6.07) is 14.5. The summed E-state index contributed by atoms with van der Waals surface area (Å²) in [5, 5.41) is 3.65. The highest BCUT2D eigenvalue weighted by Gasteiger charge is 2.29. The molecule has 0 aromatic heterocycles. The van der Waals surface area contributed by atoms with Crippen molar-refractivity contribution in [1.82, 2.24) is 5.01 Å². The zero-order valence-electron chi connectivity index (χ0n) is 16.2. The van der Waals surface area contributed by atoms with E-state index in [0.29, 0.717) is 22.8 Å². The van der Waals surface area contributed by atoms with E-state index in [0.717, 1.165) is 31.5 Å². The first kappa shape index (κ1) is 19.6. The molecule has 0 unspecified atom stereocenters. The van der Waals surface area contributed by atoms with Gasteiger partial charge in [0.15, 0.2) is 11.5 Å². The zero-order valence-corrected chi connectivity index (χ0v) is 16.2. The highest BCUT2D eigenvalue weighted by atomic mass is 16.6. The number of amides is 1. The van der Waals surface area contributed by atoms with Crippen molar-refractivity contribution in [3.63, 3.8) is 0 Å². The monoisotopic (exact) mass is 380 g/mol. The van der Waals surface area contributed by atoms with Crippen molar-refractivity contribution in [1.29, 1.82) is 0 Å². The summed E-state index contributed by atoms with van der Waals surface area (Å²) in [5.74, 6) is 0.0656. The molecule has 6 heteroatoms. The van der Waals surface area contributed by atoms with E-state index in [-0.39, 0.29) is 5.91 Å². The smallest absolute Gasteiger partial charge is 0.308 e. The van der Waals surface area contributed by atoms with Gasteiger partial charge in [-0.15, -0.1) is 0 Å². The Morgan fingerprint density at radius 1 is 1.04 bits per heavy atom. The molecule has 1 fully saturated rings. The van der Waals surface area contributed by atoms with Crippen LogP contribution in [0.4, 0.5) is 5.69 Å². The first-order valence-corrected chi connectivity index (χ1v) is 9.21. The lowest BCUT2D eigenvalue weighted by molar-refractivity contribution is -0.132. The van der Waals surface area contributed by atoms with Crippen LogP contribution in [0.1, 0.15) is 25.3 Å². The zero-order chi connectivity index (χ0) is 20.1. The van der Waals surface area contributed by atoms with Gasteiger partial charge in [0.25, 0.3) is 5.91 Å². The lowest BCUT2D eigenvalue weighted by atomic mass is 10.1. The largest absolute Gasteiger partial charge is 0.493 e. The SMILES string of the molecule is C=C(C(=O)N(c1ccc(OC(C)=O)c(OC)c1)N1CCCC1)c1ccccc1. The fourth-order valence-electron chi connectivity index (χ4n) is 3.23. The molecule has 2 aromatic carbocycles. The van der Waals surface area contributed by atoms with Crippen molar-refractivity contribution in [3.8, 4) is 11.5 Å². The number of rotatable bonds is 6. The minimum absolute atomic E-state index is 0.199. The highest BCUT2D eigenvalue weighted by Crippen LogP contribution is 2.34. The number of esters is 1. The number of methoxy groups -OCH3 is 1. The van der Waals surface area contributed by atoms with Crippen molar-refractivity contribution in [2.24, 2.45) is 0 Å². The molecule has 1 aliphatic heterocycles. The van der Waals surface area contributed by atoms with Gasteiger partial charge in [-0.1, -0.05) is 36.9 Å². The lowest BCUT2D eigenvalue weighted by Gasteiger charge is -2.32. The van der Waals surface area contributed by atoms with Crippen molar-refractivity contribution in [2.75, 3.05) is 25.2 Å². The Morgan fingerprint density at radius 2 is 1.71 bits per heavy atom. The van der Waals surface area contributed by atoms with Crippen molar-refractivity contribution in [2.45, 2.75) is 19.8 Å². The van der Waals surface area contributed by atoms with E-state index in [1.54, 1.807) is 23.2 Å². The quantitative estimate of drug-likeness (QED) is 0.435. The maximum absolute atomic E-state index is 13.4. The molecule has 6 nitrogen and oxygen atoms in total. The predicted molar refractivity (Wildman–Crippen MR) is 108 cm³/mol. The summed E-state index contributed by atoms with van der Waals surface area (Å²) in [5.41, 5.74) is 1.83. The Bertz CT molecular complexity index is 873. The van der Waals surface area contributed by atoms with E-state index >= 15 is 0 Å². The molecule has 0 radical (unpaired) electrons. The predicted octanol–water partition coefficient (Wildman–Crippen LogP) is 3.68. The molecular weight excluding hydrogens is 356 g/mol. The van der Waals surface area contributed by atoms with Crippen LogP contribution < -0.4 is 14.5 Å². The summed E-state index contributed by atoms with van der Waals surface area (Å²) in [4.78, 5) is 24.7. The Balaban J connectivity index is 1.97. The molecule has 3 rings (SSSR count). The second kappa shape index (κ2) is 8.71. The molecule has 1 amide bonds. The van der Waals surface area contributed by atoms with Crippen LogP contribution in [0.15, 0.2) is 55.1 Å². The Hall–Kier alpha value is -3.12. The molecule has 146 valence electrons. The molecule has 2 aromatic rings. The van der Waals surface area contributed by atoms with E-state index in [1.807, 2.05) is 35.3 Å². The van der Waals surface area contributed by atoms with Crippen LogP contribution in [0, 0.1) is 0 Å². The summed E-state index contributed by atoms with van der Waals surface area (Å²) in [6.07, 6.45) is 2.04. The van der Waals surface area contributed by atoms with Crippen LogP contribution in [0.5, 0.6) is 11.5 Å². The van der Waals surface area contributed by atoms with E-state index < -0.39 is 5.97 Å². The minimum atomic E-state index is -0.434. The third kappa shape index (κ3) is 4.23. The van der Waals surface area contributed by atoms with Crippen molar-refractivity contribution >= 4 is 23.1 Å². The van der Waals surface area contributed by atoms with Crippen LogP contribution in [0.3, 0.4) is 0 Å². The number of hydrazine groups is 1. The number of nitrogens with zero attached hydrogens (tertiary/aromatic N) is 2. The Morgan fingerprint density at radius 3 is 2.32 bits per heavy atom. The maximum Gasteiger partial charge on any atom is 0.308 e. The number of anilines is 1. The van der Waals surface area contributed by atoms with Gasteiger partial charge in [0, 0.05) is 31.7 Å². The van der Waals surface area contributed by atoms with Crippen molar-refractivity contribution < 1.29 is 19.1 Å². The van der Waals surface area contributed by atoms with Crippen LogP contribution in [0.2, 0.25) is 0 Å². The molecule has 0 saturated carbocycles. The van der Waals surface area contributed by atoms with Gasteiger partial charge in [0.05, 0.1) is 12.8 Å². The molecule has 0 bridgehead atoms. The molecule has 1 aliphatic rings. The summed E-state index contributed by atoms with van der Waals surface area (Å²) < 4.78 is 10.5. The van der Waals surface area contributed by atoms with Gasteiger partial charge in [-0.25, -0.2) is 10.0 Å². The first-order chi connectivity index (χ1) is 13.5. The Kier molecular flexibility index (Phi) is 6.11. The van der Waals surface area contributed by atoms with E-state index in [1.165, 1.54) is 14.0 Å². The van der Waals surface area contributed by atoms with E-state index in [2.05, 4.69) is 6.58 Å². The van der Waals surface area contributed by atoms with Crippen molar-refractivity contribution in [3.05, 3.63) is 60.7 Å². The number of carbonyl (C=O) groups excluding carboxylic acids is 2. The second-order valence-corrected chi connectivity index (χ2v) is 6.55. The molecule has 0 spiro atoms. The summed E-state index contributed by atoms with van der Waals surface area (Å²) >= 11 is 0. The number of carbonyl (C=O) groups is 2. The van der Waals surface area contributed by atoms with Crippen LogP contribution >= 0.6 is 0 Å². The molecule has 0 N–H and O–H groups in total. The van der Waals surface area contributed by atoms with Crippen LogP contribution in [0.25, 0.3) is 5.57 Å². The molecule has 0 aliphatic carbocycles. The third-order valence-electron chi connectivity index (χ3n) is 4.58. The fraction of sp³-hybridized carbons (Fsp3) is 0.273. The van der Waals surface area contributed by atoms with Crippen LogP contribution in [-0.2, 0) is 9.59 Å². The molecule has 0 atom stereocenters. The van der Waals surface area contributed by atoms with Gasteiger partial charge in [0.1, 0.15) is 0 Å².